The Morgan fingerprint density at radius 1 is 1.50 bits per heavy atom. The van der Waals surface area contributed by atoms with Crippen LogP contribution in [-0.4, -0.2) is 28.6 Å². The summed E-state index contributed by atoms with van der Waals surface area (Å²) in [5.41, 5.74) is 0. The molecule has 2 aliphatic rings. The summed E-state index contributed by atoms with van der Waals surface area (Å²) in [7, 11) is 0. The Kier molecular flexibility index (Phi) is 2.35. The molecule has 2 heterocycles. The molecule has 0 unspecified atom stereocenters. The van der Waals surface area contributed by atoms with Crippen molar-refractivity contribution in [2.45, 2.75) is 25.3 Å². The number of hydrogen-bond acceptors (Lipinski definition) is 4. The number of hydrogen-bond donors (Lipinski definition) is 1. The van der Waals surface area contributed by atoms with Gasteiger partial charge in [-0.15, -0.1) is 11.3 Å². The fraction of sp³-hybridized carbons (Fsp3) is 0.636. The van der Waals surface area contributed by atoms with Crippen molar-refractivity contribution in [2.24, 2.45) is 11.8 Å². The minimum absolute atomic E-state index is 0.184. The molecule has 3 rings (SSSR count). The summed E-state index contributed by atoms with van der Waals surface area (Å²) in [5, 5.41) is 12.2. The third-order valence-corrected chi connectivity index (χ3v) is 4.35. The molecule has 5 heteroatoms. The lowest BCUT2D eigenvalue weighted by molar-refractivity contribution is -0.142. The Hall–Kier alpha value is -1.10. The Balaban J connectivity index is 1.86. The molecule has 86 valence electrons. The summed E-state index contributed by atoms with van der Waals surface area (Å²) >= 11 is 1.60. The van der Waals surface area contributed by atoms with Gasteiger partial charge in [0, 0.05) is 24.2 Å². The van der Waals surface area contributed by atoms with E-state index in [-0.39, 0.29) is 12.0 Å². The fourth-order valence-corrected chi connectivity index (χ4v) is 3.40. The topological polar surface area (TPSA) is 53.4 Å². The van der Waals surface area contributed by atoms with Crippen LogP contribution >= 0.6 is 11.3 Å². The molecule has 0 radical (unpaired) electrons. The second-order valence-electron chi connectivity index (χ2n) is 4.57. The lowest BCUT2D eigenvalue weighted by atomic mass is 9.97. The molecule has 2 atom stereocenters. The van der Waals surface area contributed by atoms with Crippen molar-refractivity contribution in [3.8, 4) is 0 Å². The molecule has 1 aromatic heterocycles. The van der Waals surface area contributed by atoms with Gasteiger partial charge < -0.3 is 10.0 Å². The first-order chi connectivity index (χ1) is 7.77. The van der Waals surface area contributed by atoms with Gasteiger partial charge in [-0.05, 0) is 25.2 Å². The van der Waals surface area contributed by atoms with E-state index in [0.717, 1.165) is 18.1 Å². The average Bonchev–Trinajstić information content (AvgIpc) is 2.82. The van der Waals surface area contributed by atoms with E-state index >= 15 is 0 Å². The van der Waals surface area contributed by atoms with E-state index in [1.807, 2.05) is 5.38 Å². The van der Waals surface area contributed by atoms with Crippen LogP contribution in [0.3, 0.4) is 0 Å². The summed E-state index contributed by atoms with van der Waals surface area (Å²) in [6.07, 6.45) is 4.90. The summed E-state index contributed by atoms with van der Waals surface area (Å²) in [4.78, 5) is 17.7. The Morgan fingerprint density at radius 3 is 2.88 bits per heavy atom. The number of anilines is 1. The predicted molar refractivity (Wildman–Crippen MR) is 61.7 cm³/mol. The van der Waals surface area contributed by atoms with E-state index < -0.39 is 5.97 Å². The normalized spacial score (nSPS) is 29.6. The number of nitrogens with zero attached hydrogens (tertiary/aromatic N) is 2. The van der Waals surface area contributed by atoms with Crippen LogP contribution in [0, 0.1) is 11.8 Å². The van der Waals surface area contributed by atoms with Gasteiger partial charge in [-0.25, -0.2) is 4.98 Å². The summed E-state index contributed by atoms with van der Waals surface area (Å²) in [6, 6.07) is 0.184. The Bertz CT molecular complexity index is 389. The lowest BCUT2D eigenvalue weighted by Crippen LogP contribution is -2.37. The second-order valence-corrected chi connectivity index (χ2v) is 5.44. The molecule has 0 bridgehead atoms. The minimum Gasteiger partial charge on any atom is -0.481 e. The molecule has 16 heavy (non-hydrogen) atoms. The smallest absolute Gasteiger partial charge is 0.308 e. The van der Waals surface area contributed by atoms with Crippen molar-refractivity contribution in [3.63, 3.8) is 0 Å². The number of thiazole rings is 1. The number of rotatable bonds is 3. The van der Waals surface area contributed by atoms with Gasteiger partial charge in [0.1, 0.15) is 0 Å². The molecule has 4 nitrogen and oxygen atoms in total. The van der Waals surface area contributed by atoms with Gasteiger partial charge in [-0.2, -0.15) is 0 Å². The predicted octanol–water partition coefficient (Wildman–Crippen LogP) is 1.83. The first-order valence-corrected chi connectivity index (χ1v) is 6.54. The maximum atomic E-state index is 11.2. The van der Waals surface area contributed by atoms with Crippen molar-refractivity contribution >= 4 is 22.4 Å². The van der Waals surface area contributed by atoms with Gasteiger partial charge in [-0.1, -0.05) is 0 Å². The molecule has 0 aromatic carbocycles. The van der Waals surface area contributed by atoms with E-state index in [1.54, 1.807) is 17.5 Å². The maximum absolute atomic E-state index is 11.2. The van der Waals surface area contributed by atoms with Gasteiger partial charge in [0.15, 0.2) is 5.13 Å². The molecule has 1 N–H and O–H groups in total. The van der Waals surface area contributed by atoms with Gasteiger partial charge in [0.05, 0.1) is 5.92 Å². The number of aromatic nitrogens is 1. The van der Waals surface area contributed by atoms with Gasteiger partial charge >= 0.3 is 5.97 Å². The third-order valence-electron chi connectivity index (χ3n) is 3.54. The highest BCUT2D eigenvalue weighted by Gasteiger charge is 2.47. The number of aliphatic carboxylic acids is 1. The lowest BCUT2D eigenvalue weighted by Gasteiger charge is -2.26. The molecule has 1 aromatic rings. The van der Waals surface area contributed by atoms with Crippen LogP contribution in [0.25, 0.3) is 0 Å². The molecular weight excluding hydrogens is 224 g/mol. The van der Waals surface area contributed by atoms with Crippen LogP contribution in [0.1, 0.15) is 19.3 Å². The molecular formula is C11H14N2O2S. The van der Waals surface area contributed by atoms with Gasteiger partial charge in [0.25, 0.3) is 0 Å². The molecule has 1 saturated heterocycles. The SMILES string of the molecule is O=C(O)[C@H]1CCN(c2nccs2)[C@@H]1C1CC1. The highest BCUT2D eigenvalue weighted by Crippen LogP contribution is 2.44. The molecule has 0 spiro atoms. The quantitative estimate of drug-likeness (QED) is 0.873. The van der Waals surface area contributed by atoms with Crippen molar-refractivity contribution in [3.05, 3.63) is 11.6 Å². The number of carboxylic acids is 1. The van der Waals surface area contributed by atoms with E-state index in [0.29, 0.717) is 5.92 Å². The number of carbonyl (C=O) groups is 1. The fourth-order valence-electron chi connectivity index (χ4n) is 2.69. The van der Waals surface area contributed by atoms with E-state index in [9.17, 15) is 9.90 Å². The van der Waals surface area contributed by atoms with E-state index in [4.69, 9.17) is 0 Å². The zero-order chi connectivity index (χ0) is 11.1. The van der Waals surface area contributed by atoms with E-state index in [2.05, 4.69) is 9.88 Å². The standard InChI is InChI=1S/C11H14N2O2S/c14-10(15)8-3-5-13(9(8)7-1-2-7)11-12-4-6-16-11/h4,6-9H,1-3,5H2,(H,14,15)/t8-,9+/m0/s1. The van der Waals surface area contributed by atoms with Gasteiger partial charge in [-0.3, -0.25) is 4.79 Å². The zero-order valence-electron chi connectivity index (χ0n) is 8.87. The van der Waals surface area contributed by atoms with Crippen molar-refractivity contribution < 1.29 is 9.90 Å². The second kappa shape index (κ2) is 3.73. The van der Waals surface area contributed by atoms with Crippen LogP contribution in [0.5, 0.6) is 0 Å². The first-order valence-electron chi connectivity index (χ1n) is 5.66. The van der Waals surface area contributed by atoms with Crippen LogP contribution in [0.2, 0.25) is 0 Å². The van der Waals surface area contributed by atoms with Gasteiger partial charge in [0.2, 0.25) is 0 Å². The van der Waals surface area contributed by atoms with Crippen LogP contribution in [-0.2, 0) is 4.79 Å². The molecule has 1 aliphatic carbocycles. The Morgan fingerprint density at radius 2 is 2.31 bits per heavy atom. The van der Waals surface area contributed by atoms with Crippen LogP contribution in [0.4, 0.5) is 5.13 Å². The minimum atomic E-state index is -0.643. The molecule has 0 amide bonds. The third kappa shape index (κ3) is 1.59. The largest absolute Gasteiger partial charge is 0.481 e. The summed E-state index contributed by atoms with van der Waals surface area (Å²) in [6.45, 7) is 0.839. The monoisotopic (exact) mass is 238 g/mol. The molecule has 1 aliphatic heterocycles. The van der Waals surface area contributed by atoms with Crippen LogP contribution in [0.15, 0.2) is 11.6 Å². The zero-order valence-corrected chi connectivity index (χ0v) is 9.69. The van der Waals surface area contributed by atoms with E-state index in [1.165, 1.54) is 12.8 Å². The highest BCUT2D eigenvalue weighted by molar-refractivity contribution is 7.13. The van der Waals surface area contributed by atoms with Crippen LogP contribution < -0.4 is 4.90 Å². The molecule has 2 fully saturated rings. The highest BCUT2D eigenvalue weighted by atomic mass is 32.1. The van der Waals surface area contributed by atoms with Crippen molar-refractivity contribution in [1.29, 1.82) is 0 Å². The van der Waals surface area contributed by atoms with Crippen molar-refractivity contribution in [2.75, 3.05) is 11.4 Å². The first kappa shape index (κ1) is 10.1. The van der Waals surface area contributed by atoms with Crippen molar-refractivity contribution in [1.82, 2.24) is 4.98 Å². The summed E-state index contributed by atoms with van der Waals surface area (Å²) < 4.78 is 0. The molecule has 1 saturated carbocycles. The Labute approximate surface area is 97.9 Å². The maximum Gasteiger partial charge on any atom is 0.308 e. The number of carboxylic acid groups (broad SMARTS) is 1. The average molecular weight is 238 g/mol. The summed E-state index contributed by atoms with van der Waals surface area (Å²) in [5.74, 6) is -0.264.